The maximum Gasteiger partial charge on any atom is 0.164 e. The summed E-state index contributed by atoms with van der Waals surface area (Å²) in [4.78, 5) is 15.4. The molecule has 4 saturated carbocycles. The highest BCUT2D eigenvalue weighted by Crippen LogP contribution is 2.68. The fourth-order valence-corrected chi connectivity index (χ4v) is 11.0. The summed E-state index contributed by atoms with van der Waals surface area (Å²) in [7, 11) is 0. The quantitative estimate of drug-likeness (QED) is 0.189. The number of hydrogen-bond acceptors (Lipinski definition) is 4. The summed E-state index contributed by atoms with van der Waals surface area (Å²) < 4.78 is 0. The number of fused-ring (bicyclic) bond motifs is 2. The smallest absolute Gasteiger partial charge is 0.164 e. The normalized spacial score (nSPS) is 24.9. The molecule has 1 aromatic heterocycles. The molecule has 248 valence electrons. The molecule has 0 radical (unpaired) electrons. The highest BCUT2D eigenvalue weighted by molar-refractivity contribution is 5.74. The Hall–Kier alpha value is -5.40. The Labute approximate surface area is 300 Å². The first-order chi connectivity index (χ1) is 24.9. The van der Waals surface area contributed by atoms with Gasteiger partial charge in [0.05, 0.1) is 11.6 Å². The molecule has 0 aliphatic heterocycles. The van der Waals surface area contributed by atoms with Crippen molar-refractivity contribution in [2.24, 2.45) is 23.7 Å². The molecule has 0 N–H and O–H groups in total. The van der Waals surface area contributed by atoms with Gasteiger partial charge in [-0.2, -0.15) is 5.26 Å². The third-order valence-electron chi connectivity index (χ3n) is 13.0. The maximum atomic E-state index is 9.31. The Bertz CT molecular complexity index is 2340. The van der Waals surface area contributed by atoms with Crippen molar-refractivity contribution in [3.05, 3.63) is 149 Å². The van der Waals surface area contributed by atoms with Crippen molar-refractivity contribution < 1.29 is 0 Å². The van der Waals surface area contributed by atoms with E-state index >= 15 is 0 Å². The number of hydrogen-bond donors (Lipinski definition) is 0. The fraction of sp³-hybridized carbons (Fsp3) is 0.277. The van der Waals surface area contributed by atoms with Crippen LogP contribution in [0.15, 0.2) is 121 Å². The Morgan fingerprint density at radius 3 is 1.69 bits per heavy atom. The molecule has 51 heavy (non-hydrogen) atoms. The minimum absolute atomic E-state index is 0.0821. The Kier molecular flexibility index (Phi) is 6.74. The Morgan fingerprint density at radius 1 is 0.490 bits per heavy atom. The van der Waals surface area contributed by atoms with E-state index < -0.39 is 0 Å². The van der Waals surface area contributed by atoms with Crippen molar-refractivity contribution in [2.75, 3.05) is 0 Å². The summed E-state index contributed by atoms with van der Waals surface area (Å²) >= 11 is 0. The van der Waals surface area contributed by atoms with Gasteiger partial charge in [0.15, 0.2) is 17.5 Å². The van der Waals surface area contributed by atoms with Crippen LogP contribution in [0.1, 0.15) is 73.8 Å². The molecule has 5 aromatic carbocycles. The summed E-state index contributed by atoms with van der Waals surface area (Å²) in [5.74, 6) is 5.21. The minimum atomic E-state index is -0.157. The van der Waals surface area contributed by atoms with Crippen LogP contribution in [0.3, 0.4) is 0 Å². The SMILES string of the molecule is CC1(C)c2ccccc2C2(c3ccc(-c4nc(-c5ccccc5)nc(-c5cccc(-c6ccc(C#N)cc6)c5)n4)cc31)C1CC3CC(C1)CC2C3. The lowest BCUT2D eigenvalue weighted by Gasteiger charge is -2.64. The average molecular weight is 661 g/mol. The van der Waals surface area contributed by atoms with Gasteiger partial charge >= 0.3 is 0 Å². The lowest BCUT2D eigenvalue weighted by Crippen LogP contribution is -2.58. The molecule has 4 fully saturated rings. The molecule has 0 unspecified atom stereocenters. The van der Waals surface area contributed by atoms with Crippen LogP contribution in [-0.4, -0.2) is 15.0 Å². The summed E-state index contributed by atoms with van der Waals surface area (Å²) in [5.41, 5.74) is 11.7. The first-order valence-electron chi connectivity index (χ1n) is 18.6. The first kappa shape index (κ1) is 30.4. The van der Waals surface area contributed by atoms with Gasteiger partial charge in [0, 0.05) is 27.5 Å². The summed E-state index contributed by atoms with van der Waals surface area (Å²) in [6.07, 6.45) is 6.90. The number of nitrogens with zero attached hydrogens (tertiary/aromatic N) is 4. The number of aromatic nitrogens is 3. The minimum Gasteiger partial charge on any atom is -0.208 e. The third kappa shape index (κ3) is 4.60. The molecule has 4 nitrogen and oxygen atoms in total. The average Bonchev–Trinajstić information content (AvgIpc) is 3.18. The lowest BCUT2D eigenvalue weighted by molar-refractivity contribution is -0.0443. The molecule has 0 amide bonds. The van der Waals surface area contributed by atoms with E-state index in [1.807, 2.05) is 42.5 Å². The van der Waals surface area contributed by atoms with Crippen molar-refractivity contribution in [3.63, 3.8) is 0 Å². The van der Waals surface area contributed by atoms with E-state index in [1.54, 1.807) is 11.1 Å². The monoisotopic (exact) mass is 660 g/mol. The summed E-state index contributed by atoms with van der Waals surface area (Å²) in [5, 5.41) is 9.31. The Balaban J connectivity index is 1.14. The van der Waals surface area contributed by atoms with Crippen molar-refractivity contribution >= 4 is 0 Å². The highest BCUT2D eigenvalue weighted by Gasteiger charge is 2.62. The van der Waals surface area contributed by atoms with E-state index in [1.165, 1.54) is 43.2 Å². The summed E-state index contributed by atoms with van der Waals surface area (Å²) in [6, 6.07) is 45.1. The van der Waals surface area contributed by atoms with E-state index in [0.717, 1.165) is 39.7 Å². The van der Waals surface area contributed by atoms with Crippen molar-refractivity contribution in [2.45, 2.75) is 56.8 Å². The molecule has 5 aliphatic rings. The van der Waals surface area contributed by atoms with E-state index in [9.17, 15) is 5.26 Å². The maximum absolute atomic E-state index is 9.31. The molecular formula is C47H40N4. The van der Waals surface area contributed by atoms with Gasteiger partial charge in [-0.05, 0) is 113 Å². The van der Waals surface area contributed by atoms with Crippen LogP contribution in [0.25, 0.3) is 45.3 Å². The molecule has 1 spiro atoms. The van der Waals surface area contributed by atoms with Crippen LogP contribution in [-0.2, 0) is 10.8 Å². The van der Waals surface area contributed by atoms with Gasteiger partial charge in [0.25, 0.3) is 0 Å². The van der Waals surface area contributed by atoms with Crippen molar-refractivity contribution in [1.82, 2.24) is 15.0 Å². The lowest BCUT2D eigenvalue weighted by atomic mass is 9.39. The molecule has 4 heteroatoms. The van der Waals surface area contributed by atoms with E-state index in [0.29, 0.717) is 34.9 Å². The second-order valence-corrected chi connectivity index (χ2v) is 16.0. The number of nitriles is 1. The topological polar surface area (TPSA) is 62.5 Å². The zero-order valence-electron chi connectivity index (χ0n) is 29.2. The molecule has 11 rings (SSSR count). The fourth-order valence-electron chi connectivity index (χ4n) is 11.0. The second kappa shape index (κ2) is 11.3. The first-order valence-corrected chi connectivity index (χ1v) is 18.6. The van der Waals surface area contributed by atoms with Crippen LogP contribution in [0.5, 0.6) is 0 Å². The molecule has 0 atom stereocenters. The van der Waals surface area contributed by atoms with Crippen LogP contribution >= 0.6 is 0 Å². The molecular weight excluding hydrogens is 621 g/mol. The molecule has 1 heterocycles. The predicted octanol–water partition coefficient (Wildman–Crippen LogP) is 10.8. The van der Waals surface area contributed by atoms with Gasteiger partial charge < -0.3 is 0 Å². The molecule has 5 aliphatic carbocycles. The number of rotatable bonds is 4. The van der Waals surface area contributed by atoms with Crippen LogP contribution in [0, 0.1) is 35.0 Å². The largest absolute Gasteiger partial charge is 0.208 e. The summed E-state index contributed by atoms with van der Waals surface area (Å²) in [6.45, 7) is 4.83. The van der Waals surface area contributed by atoms with E-state index in [2.05, 4.69) is 98.8 Å². The van der Waals surface area contributed by atoms with Gasteiger partial charge in [-0.3, -0.25) is 0 Å². The Morgan fingerprint density at radius 2 is 1.02 bits per heavy atom. The predicted molar refractivity (Wildman–Crippen MR) is 203 cm³/mol. The van der Waals surface area contributed by atoms with Crippen molar-refractivity contribution in [3.8, 4) is 51.4 Å². The van der Waals surface area contributed by atoms with Gasteiger partial charge in [0.1, 0.15) is 0 Å². The van der Waals surface area contributed by atoms with Crippen LogP contribution in [0.4, 0.5) is 0 Å². The highest BCUT2D eigenvalue weighted by atomic mass is 15.0. The number of benzene rings is 5. The van der Waals surface area contributed by atoms with Crippen LogP contribution in [0.2, 0.25) is 0 Å². The second-order valence-electron chi connectivity index (χ2n) is 16.0. The molecule has 6 aromatic rings. The van der Waals surface area contributed by atoms with Gasteiger partial charge in [0.2, 0.25) is 0 Å². The van der Waals surface area contributed by atoms with Crippen molar-refractivity contribution in [1.29, 1.82) is 5.26 Å². The van der Waals surface area contributed by atoms with Crippen LogP contribution < -0.4 is 0 Å². The standard InChI is InChI=1S/C47H40N4/c1-46(2)39-13-6-7-14-40(39)47(37-22-30-21-31(24-37)25-38(47)23-30)41-20-19-36(27-42(41)46)45-50-43(33-9-4-3-5-10-33)49-44(51-45)35-12-8-11-34(26-35)32-17-15-29(28-48)16-18-32/h3-20,26-27,30-31,37-38H,21-25H2,1-2H3. The third-order valence-corrected chi connectivity index (χ3v) is 13.0. The van der Waals surface area contributed by atoms with E-state index in [4.69, 9.17) is 15.0 Å². The van der Waals surface area contributed by atoms with Gasteiger partial charge in [-0.15, -0.1) is 0 Å². The van der Waals surface area contributed by atoms with Gasteiger partial charge in [-0.1, -0.05) is 111 Å². The molecule has 4 bridgehead atoms. The van der Waals surface area contributed by atoms with Gasteiger partial charge in [-0.25, -0.2) is 15.0 Å². The zero-order chi connectivity index (χ0) is 34.3. The zero-order valence-corrected chi connectivity index (χ0v) is 29.2. The molecule has 0 saturated heterocycles. The van der Waals surface area contributed by atoms with E-state index in [-0.39, 0.29) is 10.8 Å².